The van der Waals surface area contributed by atoms with Gasteiger partial charge in [0.25, 0.3) is 0 Å². The van der Waals surface area contributed by atoms with Crippen molar-refractivity contribution >= 4 is 22.5 Å². The molecule has 2 heteroatoms. The summed E-state index contributed by atoms with van der Waals surface area (Å²) in [6, 6.07) is 15.8. The Bertz CT molecular complexity index is 481. The highest BCUT2D eigenvalue weighted by atomic mass is 32.2. The Balaban J connectivity index is 2.27. The topological polar surface area (TPSA) is 12.0 Å². The molecule has 0 saturated carbocycles. The fourth-order valence-electron chi connectivity index (χ4n) is 2.14. The van der Waals surface area contributed by atoms with Crippen LogP contribution in [0.25, 0.3) is 10.8 Å². The number of thioether (sulfide) groups is 1. The van der Waals surface area contributed by atoms with Gasteiger partial charge in [-0.1, -0.05) is 36.4 Å². The van der Waals surface area contributed by atoms with Crippen molar-refractivity contribution in [2.45, 2.75) is 12.5 Å². The zero-order chi connectivity index (χ0) is 12.1. The fraction of sp³-hybridized carbons (Fsp3) is 0.333. The summed E-state index contributed by atoms with van der Waals surface area (Å²) in [7, 11) is 2.04. The highest BCUT2D eigenvalue weighted by Crippen LogP contribution is 2.23. The molecular formula is C15H19NS. The van der Waals surface area contributed by atoms with E-state index in [1.165, 1.54) is 28.5 Å². The molecule has 0 spiro atoms. The molecule has 2 rings (SSSR count). The summed E-state index contributed by atoms with van der Waals surface area (Å²) >= 11 is 1.90. The summed E-state index contributed by atoms with van der Waals surface area (Å²) in [4.78, 5) is 0. The van der Waals surface area contributed by atoms with Crippen molar-refractivity contribution < 1.29 is 0 Å². The summed E-state index contributed by atoms with van der Waals surface area (Å²) in [5, 5.41) is 6.05. The SMILES string of the molecule is CNC(CCSC)c1ccc2ccccc2c1. The quantitative estimate of drug-likeness (QED) is 0.858. The van der Waals surface area contributed by atoms with Crippen LogP contribution in [-0.2, 0) is 0 Å². The van der Waals surface area contributed by atoms with Gasteiger partial charge in [-0.2, -0.15) is 11.8 Å². The number of nitrogens with one attached hydrogen (secondary N) is 1. The maximum atomic E-state index is 3.40. The van der Waals surface area contributed by atoms with E-state index in [1.807, 2.05) is 18.8 Å². The fourth-order valence-corrected chi connectivity index (χ4v) is 2.61. The monoisotopic (exact) mass is 245 g/mol. The molecule has 1 nitrogen and oxygen atoms in total. The Morgan fingerprint density at radius 1 is 1.12 bits per heavy atom. The van der Waals surface area contributed by atoms with Gasteiger partial charge in [-0.15, -0.1) is 0 Å². The van der Waals surface area contributed by atoms with E-state index < -0.39 is 0 Å². The van der Waals surface area contributed by atoms with E-state index in [1.54, 1.807) is 0 Å². The zero-order valence-electron chi connectivity index (χ0n) is 10.4. The smallest absolute Gasteiger partial charge is 0.0325 e. The maximum absolute atomic E-state index is 3.40. The molecule has 2 aromatic carbocycles. The molecule has 0 bridgehead atoms. The molecule has 1 unspecified atom stereocenters. The van der Waals surface area contributed by atoms with Crippen LogP contribution < -0.4 is 5.32 Å². The van der Waals surface area contributed by atoms with Gasteiger partial charge in [0.2, 0.25) is 0 Å². The van der Waals surface area contributed by atoms with Crippen molar-refractivity contribution in [2.75, 3.05) is 19.1 Å². The van der Waals surface area contributed by atoms with Gasteiger partial charge in [0.1, 0.15) is 0 Å². The lowest BCUT2D eigenvalue weighted by atomic mass is 10.0. The standard InChI is InChI=1S/C15H19NS/c1-16-15(9-10-17-2)14-8-7-12-5-3-4-6-13(12)11-14/h3-8,11,15-16H,9-10H2,1-2H3. The molecule has 0 aliphatic carbocycles. The van der Waals surface area contributed by atoms with Crippen LogP contribution in [0.1, 0.15) is 18.0 Å². The molecule has 90 valence electrons. The summed E-state index contributed by atoms with van der Waals surface area (Å²) < 4.78 is 0. The van der Waals surface area contributed by atoms with Gasteiger partial charge >= 0.3 is 0 Å². The van der Waals surface area contributed by atoms with E-state index in [2.05, 4.69) is 54.0 Å². The molecule has 1 N–H and O–H groups in total. The van der Waals surface area contributed by atoms with E-state index in [0.29, 0.717) is 6.04 Å². The molecule has 0 aliphatic heterocycles. The van der Waals surface area contributed by atoms with Gasteiger partial charge < -0.3 is 5.32 Å². The number of hydrogen-bond acceptors (Lipinski definition) is 2. The number of fused-ring (bicyclic) bond motifs is 1. The second-order valence-electron chi connectivity index (χ2n) is 4.23. The zero-order valence-corrected chi connectivity index (χ0v) is 11.3. The molecule has 17 heavy (non-hydrogen) atoms. The van der Waals surface area contributed by atoms with Crippen molar-refractivity contribution in [3.05, 3.63) is 48.0 Å². The first-order valence-corrected chi connectivity index (χ1v) is 7.39. The predicted molar refractivity (Wildman–Crippen MR) is 78.7 cm³/mol. The Morgan fingerprint density at radius 3 is 2.59 bits per heavy atom. The lowest BCUT2D eigenvalue weighted by Crippen LogP contribution is -2.16. The van der Waals surface area contributed by atoms with Crippen molar-refractivity contribution in [3.63, 3.8) is 0 Å². The Morgan fingerprint density at radius 2 is 1.88 bits per heavy atom. The van der Waals surface area contributed by atoms with E-state index in [4.69, 9.17) is 0 Å². The summed E-state index contributed by atoms with van der Waals surface area (Å²) in [5.74, 6) is 1.19. The molecule has 0 amide bonds. The van der Waals surface area contributed by atoms with Gasteiger partial charge in [0.15, 0.2) is 0 Å². The molecular weight excluding hydrogens is 226 g/mol. The molecule has 0 radical (unpaired) electrons. The summed E-state index contributed by atoms with van der Waals surface area (Å²) in [5.41, 5.74) is 1.39. The summed E-state index contributed by atoms with van der Waals surface area (Å²) in [6.45, 7) is 0. The minimum Gasteiger partial charge on any atom is -0.313 e. The van der Waals surface area contributed by atoms with Gasteiger partial charge in [-0.3, -0.25) is 0 Å². The van der Waals surface area contributed by atoms with Crippen LogP contribution in [0.5, 0.6) is 0 Å². The van der Waals surface area contributed by atoms with Crippen LogP contribution >= 0.6 is 11.8 Å². The third kappa shape index (κ3) is 3.02. The lowest BCUT2D eigenvalue weighted by Gasteiger charge is -2.16. The molecule has 0 aromatic heterocycles. The van der Waals surface area contributed by atoms with Crippen molar-refractivity contribution in [1.29, 1.82) is 0 Å². The van der Waals surface area contributed by atoms with Crippen LogP contribution in [0.4, 0.5) is 0 Å². The Kier molecular flexibility index (Phi) is 4.46. The predicted octanol–water partition coefficient (Wildman–Crippen LogP) is 3.85. The van der Waals surface area contributed by atoms with Crippen LogP contribution in [0, 0.1) is 0 Å². The molecule has 0 saturated heterocycles. The van der Waals surface area contributed by atoms with Crippen LogP contribution in [0.3, 0.4) is 0 Å². The first kappa shape index (κ1) is 12.5. The summed E-state index contributed by atoms with van der Waals surface area (Å²) in [6.07, 6.45) is 3.34. The Hall–Kier alpha value is -0.990. The number of hydrogen-bond donors (Lipinski definition) is 1. The largest absolute Gasteiger partial charge is 0.313 e. The normalized spacial score (nSPS) is 12.8. The van der Waals surface area contributed by atoms with E-state index >= 15 is 0 Å². The molecule has 0 fully saturated rings. The van der Waals surface area contributed by atoms with Crippen LogP contribution in [0.2, 0.25) is 0 Å². The third-order valence-electron chi connectivity index (χ3n) is 3.14. The van der Waals surface area contributed by atoms with Crippen LogP contribution in [0.15, 0.2) is 42.5 Å². The molecule has 1 atom stereocenters. The molecule has 0 heterocycles. The van der Waals surface area contributed by atoms with Crippen molar-refractivity contribution in [1.82, 2.24) is 5.32 Å². The van der Waals surface area contributed by atoms with Gasteiger partial charge in [-0.05, 0) is 47.9 Å². The van der Waals surface area contributed by atoms with E-state index in [-0.39, 0.29) is 0 Å². The van der Waals surface area contributed by atoms with Gasteiger partial charge in [0.05, 0.1) is 0 Å². The maximum Gasteiger partial charge on any atom is 0.0325 e. The van der Waals surface area contributed by atoms with Crippen LogP contribution in [-0.4, -0.2) is 19.1 Å². The minimum absolute atomic E-state index is 0.465. The number of rotatable bonds is 5. The second kappa shape index (κ2) is 6.08. The minimum atomic E-state index is 0.465. The van der Waals surface area contributed by atoms with E-state index in [9.17, 15) is 0 Å². The van der Waals surface area contributed by atoms with Crippen molar-refractivity contribution in [3.8, 4) is 0 Å². The highest BCUT2D eigenvalue weighted by Gasteiger charge is 2.08. The first-order valence-electron chi connectivity index (χ1n) is 6.00. The average molecular weight is 245 g/mol. The average Bonchev–Trinajstić information content (AvgIpc) is 2.39. The molecule has 2 aromatic rings. The van der Waals surface area contributed by atoms with E-state index in [0.717, 1.165) is 0 Å². The highest BCUT2D eigenvalue weighted by molar-refractivity contribution is 7.98. The van der Waals surface area contributed by atoms with Crippen molar-refractivity contribution in [2.24, 2.45) is 0 Å². The third-order valence-corrected chi connectivity index (χ3v) is 3.78. The Labute approximate surface area is 108 Å². The lowest BCUT2D eigenvalue weighted by molar-refractivity contribution is 0.582. The van der Waals surface area contributed by atoms with Gasteiger partial charge in [-0.25, -0.2) is 0 Å². The molecule has 0 aliphatic rings. The second-order valence-corrected chi connectivity index (χ2v) is 5.21. The first-order chi connectivity index (χ1) is 8.35. The van der Waals surface area contributed by atoms with Gasteiger partial charge in [0, 0.05) is 6.04 Å². The number of benzene rings is 2.